The number of carbonyl (C=O) groups is 3. The summed E-state index contributed by atoms with van der Waals surface area (Å²) in [6.45, 7) is 6.42. The van der Waals surface area contributed by atoms with E-state index in [0.717, 1.165) is 109 Å². The van der Waals surface area contributed by atoms with Crippen molar-refractivity contribution in [2.75, 3.05) is 13.2 Å². The first-order valence-corrected chi connectivity index (χ1v) is 33.7. The second kappa shape index (κ2) is 66.8. The summed E-state index contributed by atoms with van der Waals surface area (Å²) in [4.78, 5) is 38.4. The van der Waals surface area contributed by atoms with E-state index in [2.05, 4.69) is 118 Å². The predicted molar refractivity (Wildman–Crippen MR) is 344 cm³/mol. The Morgan fingerprint density at radius 3 is 0.797 bits per heavy atom. The van der Waals surface area contributed by atoms with Crippen LogP contribution >= 0.6 is 0 Å². The van der Waals surface area contributed by atoms with E-state index in [-0.39, 0.29) is 31.1 Å². The minimum absolute atomic E-state index is 0.0877. The van der Waals surface area contributed by atoms with Crippen LogP contribution < -0.4 is 0 Å². The molecule has 0 saturated carbocycles. The SMILES string of the molecule is CC/C=C\C/C=C\C/C=C\C/C=C\CCCCCCCCCCCCCCCCC(=O)OCC(COC(=O)CCCC/C=C\C/C=C\C/C=C\C/C=C\CC)OC(=O)CCCCCCCCCCCCCCCCCCCCC. The van der Waals surface area contributed by atoms with Crippen LogP contribution in [-0.4, -0.2) is 37.2 Å². The highest BCUT2D eigenvalue weighted by Gasteiger charge is 2.19. The van der Waals surface area contributed by atoms with E-state index in [0.29, 0.717) is 19.3 Å². The van der Waals surface area contributed by atoms with Crippen LogP contribution in [0.25, 0.3) is 0 Å². The van der Waals surface area contributed by atoms with Crippen LogP contribution in [0.15, 0.2) is 97.2 Å². The highest BCUT2D eigenvalue weighted by atomic mass is 16.6. The minimum atomic E-state index is -0.794. The third-order valence-corrected chi connectivity index (χ3v) is 14.6. The van der Waals surface area contributed by atoms with Crippen LogP contribution in [0, 0.1) is 0 Å². The molecule has 79 heavy (non-hydrogen) atoms. The van der Waals surface area contributed by atoms with E-state index in [9.17, 15) is 14.4 Å². The first kappa shape index (κ1) is 75.3. The van der Waals surface area contributed by atoms with Gasteiger partial charge in [0.25, 0.3) is 0 Å². The lowest BCUT2D eigenvalue weighted by molar-refractivity contribution is -0.167. The predicted octanol–water partition coefficient (Wildman–Crippen LogP) is 23.2. The molecule has 0 rings (SSSR count). The van der Waals surface area contributed by atoms with Crippen molar-refractivity contribution in [3.05, 3.63) is 97.2 Å². The molecule has 0 heterocycles. The average molecular weight is 1100 g/mol. The summed E-state index contributed by atoms with van der Waals surface area (Å²) < 4.78 is 16.9. The second-order valence-corrected chi connectivity index (χ2v) is 22.3. The molecule has 0 aliphatic heterocycles. The van der Waals surface area contributed by atoms with Crippen molar-refractivity contribution in [1.29, 1.82) is 0 Å². The molecule has 0 bridgehead atoms. The van der Waals surface area contributed by atoms with Crippen LogP contribution in [0.4, 0.5) is 0 Å². The standard InChI is InChI=1S/C73H126O6/c1-4-7-10-13-16-19-22-25-28-30-32-33-34-35-36-37-38-39-41-42-45-48-51-54-57-60-63-66-72(75)78-69-70(68-77-71(74)65-62-59-56-53-50-47-44-27-24-21-18-15-12-9-6-3)79-73(76)67-64-61-58-55-52-49-46-43-40-31-29-26-23-20-17-14-11-8-5-2/h7,9-10,12,16,18-19,21,25,27-28,32-33,44,50,53,70H,4-6,8,11,13-15,17,20,22-24,26,29-31,34-43,45-49,51-52,54-69H2,1-3H3/b10-7-,12-9-,19-16-,21-18-,28-25-,33-32-,44-27-,53-50-. The number of unbranched alkanes of at least 4 members (excludes halogenated alkanes) is 34. The molecular formula is C73H126O6. The van der Waals surface area contributed by atoms with Crippen LogP contribution in [-0.2, 0) is 28.6 Å². The van der Waals surface area contributed by atoms with E-state index in [4.69, 9.17) is 14.2 Å². The molecule has 0 radical (unpaired) electrons. The van der Waals surface area contributed by atoms with E-state index >= 15 is 0 Å². The number of hydrogen-bond donors (Lipinski definition) is 0. The Hall–Kier alpha value is -3.67. The molecule has 6 nitrogen and oxygen atoms in total. The fraction of sp³-hybridized carbons (Fsp3) is 0.740. The fourth-order valence-electron chi connectivity index (χ4n) is 9.60. The Bertz CT molecular complexity index is 1540. The van der Waals surface area contributed by atoms with Gasteiger partial charge in [0.1, 0.15) is 13.2 Å². The lowest BCUT2D eigenvalue weighted by atomic mass is 10.0. The van der Waals surface area contributed by atoms with Crippen LogP contribution in [0.5, 0.6) is 0 Å². The van der Waals surface area contributed by atoms with Crippen LogP contribution in [0.1, 0.15) is 329 Å². The highest BCUT2D eigenvalue weighted by molar-refractivity contribution is 5.71. The molecule has 0 aromatic carbocycles. The van der Waals surface area contributed by atoms with Crippen molar-refractivity contribution in [2.24, 2.45) is 0 Å². The minimum Gasteiger partial charge on any atom is -0.462 e. The van der Waals surface area contributed by atoms with Gasteiger partial charge < -0.3 is 14.2 Å². The lowest BCUT2D eigenvalue weighted by Crippen LogP contribution is -2.30. The molecule has 0 aromatic heterocycles. The number of rotatable bonds is 61. The summed E-state index contributed by atoms with van der Waals surface area (Å²) in [5, 5.41) is 0. The maximum Gasteiger partial charge on any atom is 0.306 e. The van der Waals surface area contributed by atoms with Crippen molar-refractivity contribution < 1.29 is 28.6 Å². The van der Waals surface area contributed by atoms with Gasteiger partial charge in [-0.1, -0.05) is 311 Å². The lowest BCUT2D eigenvalue weighted by Gasteiger charge is -2.18. The molecule has 0 spiro atoms. The highest BCUT2D eigenvalue weighted by Crippen LogP contribution is 2.17. The smallest absolute Gasteiger partial charge is 0.306 e. The molecule has 0 aliphatic rings. The summed E-state index contributed by atoms with van der Waals surface area (Å²) in [6.07, 6.45) is 90.0. The first-order chi connectivity index (χ1) is 39.0. The Labute approximate surface area is 489 Å². The van der Waals surface area contributed by atoms with Crippen LogP contribution in [0.2, 0.25) is 0 Å². The fourth-order valence-corrected chi connectivity index (χ4v) is 9.60. The summed E-state index contributed by atoms with van der Waals surface area (Å²) >= 11 is 0. The zero-order chi connectivity index (χ0) is 57.1. The van der Waals surface area contributed by atoms with Gasteiger partial charge in [-0.3, -0.25) is 14.4 Å². The summed E-state index contributed by atoms with van der Waals surface area (Å²) in [5.41, 5.74) is 0. The molecule has 6 heteroatoms. The van der Waals surface area contributed by atoms with Gasteiger partial charge in [-0.15, -0.1) is 0 Å². The largest absolute Gasteiger partial charge is 0.462 e. The number of esters is 3. The van der Waals surface area contributed by atoms with E-state index in [1.54, 1.807) is 0 Å². The Kier molecular flexibility index (Phi) is 63.7. The molecule has 0 aliphatic carbocycles. The maximum atomic E-state index is 12.9. The average Bonchev–Trinajstić information content (AvgIpc) is 3.45. The molecular weight excluding hydrogens is 973 g/mol. The summed E-state index contributed by atoms with van der Waals surface area (Å²) in [5.74, 6) is -0.915. The van der Waals surface area contributed by atoms with Gasteiger partial charge in [0.05, 0.1) is 0 Å². The third-order valence-electron chi connectivity index (χ3n) is 14.6. The normalized spacial score (nSPS) is 12.7. The maximum absolute atomic E-state index is 12.9. The van der Waals surface area contributed by atoms with Crippen molar-refractivity contribution in [2.45, 2.75) is 335 Å². The number of hydrogen-bond acceptors (Lipinski definition) is 6. The van der Waals surface area contributed by atoms with Gasteiger partial charge in [-0.2, -0.15) is 0 Å². The van der Waals surface area contributed by atoms with Crippen molar-refractivity contribution >= 4 is 17.9 Å². The number of allylic oxidation sites excluding steroid dienone is 16. The second-order valence-electron chi connectivity index (χ2n) is 22.3. The first-order valence-electron chi connectivity index (χ1n) is 33.7. The molecule has 0 N–H and O–H groups in total. The van der Waals surface area contributed by atoms with Crippen molar-refractivity contribution in [3.63, 3.8) is 0 Å². The van der Waals surface area contributed by atoms with Crippen molar-refractivity contribution in [3.8, 4) is 0 Å². The Morgan fingerprint density at radius 2 is 0.494 bits per heavy atom. The van der Waals surface area contributed by atoms with Crippen LogP contribution in [0.3, 0.4) is 0 Å². The van der Waals surface area contributed by atoms with Gasteiger partial charge >= 0.3 is 17.9 Å². The topological polar surface area (TPSA) is 78.9 Å². The molecule has 1 atom stereocenters. The van der Waals surface area contributed by atoms with E-state index < -0.39 is 6.10 Å². The zero-order valence-corrected chi connectivity index (χ0v) is 52.1. The molecule has 0 fully saturated rings. The molecule has 0 aromatic rings. The van der Waals surface area contributed by atoms with E-state index in [1.807, 2.05) is 0 Å². The summed E-state index contributed by atoms with van der Waals surface area (Å²) in [7, 11) is 0. The Balaban J connectivity index is 4.31. The van der Waals surface area contributed by atoms with Gasteiger partial charge in [0, 0.05) is 19.3 Å². The third kappa shape index (κ3) is 65.0. The van der Waals surface area contributed by atoms with Gasteiger partial charge in [0.2, 0.25) is 0 Å². The summed E-state index contributed by atoms with van der Waals surface area (Å²) in [6, 6.07) is 0. The van der Waals surface area contributed by atoms with Gasteiger partial charge in [-0.05, 0) is 96.3 Å². The zero-order valence-electron chi connectivity index (χ0n) is 52.1. The van der Waals surface area contributed by atoms with Gasteiger partial charge in [0.15, 0.2) is 6.10 Å². The molecule has 0 amide bonds. The van der Waals surface area contributed by atoms with Gasteiger partial charge in [-0.25, -0.2) is 0 Å². The number of ether oxygens (including phenoxy) is 3. The van der Waals surface area contributed by atoms with Crippen molar-refractivity contribution in [1.82, 2.24) is 0 Å². The monoisotopic (exact) mass is 1100 g/mol. The molecule has 454 valence electrons. The number of carbonyl (C=O) groups excluding carboxylic acids is 3. The quantitative estimate of drug-likeness (QED) is 0.0261. The Morgan fingerprint density at radius 1 is 0.266 bits per heavy atom. The van der Waals surface area contributed by atoms with E-state index in [1.165, 1.54) is 180 Å². The molecule has 1 unspecified atom stereocenters. The molecule has 0 saturated heterocycles.